The number of carboxylic acids is 1. The molecule has 0 aliphatic carbocycles. The smallest absolute Gasteiger partial charge is 0.335 e. The molecule has 362 valence electrons. The Balaban J connectivity index is 2.30. The minimum atomic E-state index is -1.79. The summed E-state index contributed by atoms with van der Waals surface area (Å²) in [5.41, 5.74) is 0. The van der Waals surface area contributed by atoms with Gasteiger partial charge in [0.2, 0.25) is 5.91 Å². The number of nitrogens with one attached hydrogen (secondary N) is 1. The van der Waals surface area contributed by atoms with Crippen LogP contribution in [-0.2, 0) is 14.3 Å². The molecule has 0 saturated carbocycles. The topological polar surface area (TPSA) is 177 Å². The minimum absolute atomic E-state index is 0.00149. The molecule has 0 aromatic carbocycles. The summed E-state index contributed by atoms with van der Waals surface area (Å²) in [6.45, 7) is 4.52. The van der Waals surface area contributed by atoms with Gasteiger partial charge in [-0.3, -0.25) is 4.79 Å². The molecule has 1 heterocycles. The first-order valence-electron chi connectivity index (χ1n) is 26.2. The van der Waals surface area contributed by atoms with Gasteiger partial charge in [-0.15, -0.1) is 0 Å². The maximum absolute atomic E-state index is 13.1. The van der Waals surface area contributed by atoms with Crippen molar-refractivity contribution < 1.29 is 45.0 Å². The van der Waals surface area contributed by atoms with Crippen molar-refractivity contribution in [3.63, 3.8) is 0 Å². The predicted octanol–water partition coefficient (Wildman–Crippen LogP) is 11.4. The van der Waals surface area contributed by atoms with Crippen molar-refractivity contribution in [3.8, 4) is 0 Å². The van der Waals surface area contributed by atoms with E-state index in [9.17, 15) is 40.2 Å². The van der Waals surface area contributed by atoms with Crippen molar-refractivity contribution >= 4 is 11.9 Å². The molecule has 1 aliphatic heterocycles. The lowest BCUT2D eigenvalue weighted by Gasteiger charge is -2.39. The molecule has 1 fully saturated rings. The number of amides is 1. The molecule has 0 aromatic rings. The zero-order valence-corrected chi connectivity index (χ0v) is 39.6. The summed E-state index contributed by atoms with van der Waals surface area (Å²) in [4.78, 5) is 24.7. The van der Waals surface area contributed by atoms with E-state index in [2.05, 4.69) is 19.2 Å². The van der Waals surface area contributed by atoms with Crippen LogP contribution in [0.3, 0.4) is 0 Å². The van der Waals surface area contributed by atoms with Crippen molar-refractivity contribution in [3.05, 3.63) is 0 Å². The number of unbranched alkanes of at least 4 members (excludes halogenated alkanes) is 33. The lowest BCUT2D eigenvalue weighted by Crippen LogP contribution is -2.60. The Bertz CT molecular complexity index is 1000. The summed E-state index contributed by atoms with van der Waals surface area (Å²) >= 11 is 0. The Morgan fingerprint density at radius 1 is 0.475 bits per heavy atom. The van der Waals surface area contributed by atoms with E-state index in [0.29, 0.717) is 12.8 Å². The average molecular weight is 870 g/mol. The van der Waals surface area contributed by atoms with Gasteiger partial charge in [-0.1, -0.05) is 232 Å². The molecule has 61 heavy (non-hydrogen) atoms. The maximum atomic E-state index is 13.1. The molecule has 10 heteroatoms. The molecule has 0 aromatic heterocycles. The summed E-state index contributed by atoms with van der Waals surface area (Å²) in [6, 6.07) is -0.854. The van der Waals surface area contributed by atoms with Crippen LogP contribution in [0.2, 0.25) is 0 Å². The van der Waals surface area contributed by atoms with Crippen LogP contribution in [0.1, 0.15) is 264 Å². The molecule has 1 rings (SSSR count). The zero-order chi connectivity index (χ0) is 44.8. The number of hydrogen-bond donors (Lipinski definition) is 7. The van der Waals surface area contributed by atoms with Crippen molar-refractivity contribution in [1.29, 1.82) is 0 Å². The molecular formula is C51H99NO9. The van der Waals surface area contributed by atoms with Crippen LogP contribution in [0.4, 0.5) is 0 Å². The molecule has 0 bridgehead atoms. The second-order valence-corrected chi connectivity index (χ2v) is 18.9. The number of aliphatic hydroxyl groups is 5. The summed E-state index contributed by atoms with van der Waals surface area (Å²) in [7, 11) is 0. The van der Waals surface area contributed by atoms with Crippen molar-refractivity contribution in [2.75, 3.05) is 0 Å². The van der Waals surface area contributed by atoms with Gasteiger partial charge in [0, 0.05) is 6.42 Å². The van der Waals surface area contributed by atoms with Gasteiger partial charge in [0.15, 0.2) is 6.10 Å². The number of carbonyl (C=O) groups is 2. The number of carboxylic acid groups (broad SMARTS) is 1. The quantitative estimate of drug-likeness (QED) is 0.0294. The standard InChI is InChI=1S/C51H99NO9/c1-3-5-7-9-11-13-15-17-18-19-20-21-22-23-24-25-26-27-29-31-33-35-37-39-45(54)52-42(40-41-44-47(56)48(57)49(58)50(61-44)51(59)60)46(55)43(53)38-36-34-32-30-28-16-14-12-10-8-6-4-2/h42-44,46-50,53,55-58H,3-41H2,1-2H3,(H,52,54)(H,59,60)/t42-,43+,44+,46-,47-,48+,49+,50-/m0/s1. The maximum Gasteiger partial charge on any atom is 0.335 e. The van der Waals surface area contributed by atoms with E-state index >= 15 is 0 Å². The number of hydrogen-bond acceptors (Lipinski definition) is 8. The minimum Gasteiger partial charge on any atom is -0.479 e. The Morgan fingerprint density at radius 2 is 0.820 bits per heavy atom. The van der Waals surface area contributed by atoms with Gasteiger partial charge < -0.3 is 40.7 Å². The molecule has 1 saturated heterocycles. The van der Waals surface area contributed by atoms with E-state index in [0.717, 1.165) is 51.4 Å². The van der Waals surface area contributed by atoms with E-state index in [-0.39, 0.29) is 18.7 Å². The van der Waals surface area contributed by atoms with Crippen LogP contribution in [0.15, 0.2) is 0 Å². The lowest BCUT2D eigenvalue weighted by molar-refractivity contribution is -0.229. The van der Waals surface area contributed by atoms with Gasteiger partial charge in [0.05, 0.1) is 24.4 Å². The molecule has 1 amide bonds. The van der Waals surface area contributed by atoms with E-state index in [1.165, 1.54) is 173 Å². The summed E-state index contributed by atoms with van der Waals surface area (Å²) in [6.07, 6.45) is 34.9. The van der Waals surface area contributed by atoms with Crippen LogP contribution >= 0.6 is 0 Å². The first-order chi connectivity index (χ1) is 29.6. The largest absolute Gasteiger partial charge is 0.479 e. The third-order valence-corrected chi connectivity index (χ3v) is 13.2. The fourth-order valence-corrected chi connectivity index (χ4v) is 9.05. The second kappa shape index (κ2) is 40.2. The third kappa shape index (κ3) is 30.5. The molecule has 7 N–H and O–H groups in total. The Morgan fingerprint density at radius 3 is 1.18 bits per heavy atom. The van der Waals surface area contributed by atoms with Gasteiger partial charge in [-0.25, -0.2) is 4.79 Å². The highest BCUT2D eigenvalue weighted by atomic mass is 16.6. The van der Waals surface area contributed by atoms with Crippen LogP contribution < -0.4 is 5.32 Å². The van der Waals surface area contributed by atoms with Crippen molar-refractivity contribution in [1.82, 2.24) is 5.32 Å². The average Bonchev–Trinajstić information content (AvgIpc) is 3.25. The van der Waals surface area contributed by atoms with Gasteiger partial charge in [-0.2, -0.15) is 0 Å². The van der Waals surface area contributed by atoms with Gasteiger partial charge in [0.25, 0.3) is 0 Å². The molecule has 1 aliphatic rings. The molecular weight excluding hydrogens is 771 g/mol. The van der Waals surface area contributed by atoms with Crippen molar-refractivity contribution in [2.45, 2.75) is 313 Å². The Kier molecular flexibility index (Phi) is 38.1. The highest BCUT2D eigenvalue weighted by Gasteiger charge is 2.47. The number of rotatable bonds is 44. The highest BCUT2D eigenvalue weighted by Crippen LogP contribution is 2.26. The van der Waals surface area contributed by atoms with E-state index < -0.39 is 54.7 Å². The predicted molar refractivity (Wildman–Crippen MR) is 250 cm³/mol. The monoisotopic (exact) mass is 870 g/mol. The number of ether oxygens (including phenoxy) is 1. The summed E-state index contributed by atoms with van der Waals surface area (Å²) in [5, 5.41) is 65.5. The summed E-state index contributed by atoms with van der Waals surface area (Å²) in [5.74, 6) is -1.68. The number of aliphatic hydroxyl groups excluding tert-OH is 5. The van der Waals surface area contributed by atoms with E-state index in [4.69, 9.17) is 4.74 Å². The van der Waals surface area contributed by atoms with E-state index in [1.54, 1.807) is 0 Å². The fourth-order valence-electron chi connectivity index (χ4n) is 9.05. The normalized spacial score (nSPS) is 20.7. The van der Waals surface area contributed by atoms with Crippen LogP contribution in [0.25, 0.3) is 0 Å². The first-order valence-corrected chi connectivity index (χ1v) is 26.2. The van der Waals surface area contributed by atoms with Crippen LogP contribution in [-0.4, -0.2) is 91.3 Å². The molecule has 8 atom stereocenters. The second-order valence-electron chi connectivity index (χ2n) is 18.9. The lowest BCUT2D eigenvalue weighted by atomic mass is 9.89. The number of carbonyl (C=O) groups excluding carboxylic acids is 1. The van der Waals surface area contributed by atoms with Crippen LogP contribution in [0, 0.1) is 0 Å². The van der Waals surface area contributed by atoms with Crippen molar-refractivity contribution in [2.24, 2.45) is 0 Å². The first kappa shape index (κ1) is 57.7. The highest BCUT2D eigenvalue weighted by molar-refractivity contribution is 5.76. The third-order valence-electron chi connectivity index (χ3n) is 13.2. The zero-order valence-electron chi connectivity index (χ0n) is 39.6. The van der Waals surface area contributed by atoms with Gasteiger partial charge in [-0.05, 0) is 25.7 Å². The molecule has 0 radical (unpaired) electrons. The van der Waals surface area contributed by atoms with E-state index in [1.807, 2.05) is 0 Å². The number of aliphatic carboxylic acids is 1. The van der Waals surface area contributed by atoms with Gasteiger partial charge in [0.1, 0.15) is 18.3 Å². The fraction of sp³-hybridized carbons (Fsp3) is 0.961. The molecule has 0 unspecified atom stereocenters. The Labute approximate surface area is 374 Å². The molecule has 10 nitrogen and oxygen atoms in total. The molecule has 0 spiro atoms. The van der Waals surface area contributed by atoms with Crippen LogP contribution in [0.5, 0.6) is 0 Å². The van der Waals surface area contributed by atoms with Gasteiger partial charge >= 0.3 is 5.97 Å². The summed E-state index contributed by atoms with van der Waals surface area (Å²) < 4.78 is 5.45. The SMILES string of the molecule is CCCCCCCCCCCCCCCCCCCCCCCCCC(=O)N[C@@H](CC[C@H]1O[C@H](C(=O)O)[C@H](O)[C@H](O)[C@H]1O)[C@H](O)[C@H](O)CCCCCCCCCCCCCC. The Hall–Kier alpha value is -1.30.